The molecule has 12 rings (SSSR count). The Morgan fingerprint density at radius 3 is 1.91 bits per heavy atom. The maximum absolute atomic E-state index is 9.75. The van der Waals surface area contributed by atoms with Crippen LogP contribution in [0.25, 0.3) is 115 Å². The van der Waals surface area contributed by atoms with Crippen LogP contribution in [0.1, 0.15) is 8.22 Å². The molecule has 0 radical (unpaired) electrons. The fraction of sp³-hybridized carbons (Fsp3) is 0. The molecule has 0 N–H and O–H groups in total. The van der Waals surface area contributed by atoms with E-state index in [1.165, 1.54) is 0 Å². The van der Waals surface area contributed by atoms with E-state index in [4.69, 9.17) is 23.5 Å². The Kier molecular flexibility index (Phi) is 5.82. The SMILES string of the molecule is [2H]c1c([2H])c(-c2ccccc2)c2c(oc3c([2H])c(-c4nc(-c5ccccc5)nc(-n5c6c(-c7ccccc7)cccc6c6ccc7sc8ccccc8c7c65)n4)c([2H])c([2H])c32)c1[2H]. The molecular weight excluding hydrogens is 717 g/mol. The Bertz CT molecular complexity index is 3870. The minimum absolute atomic E-state index is 0.00371. The summed E-state index contributed by atoms with van der Waals surface area (Å²) < 4.78 is 66.1. The minimum atomic E-state index is -0.340. The van der Waals surface area contributed by atoms with Gasteiger partial charge >= 0.3 is 0 Å². The number of fused-ring (bicyclic) bond motifs is 10. The van der Waals surface area contributed by atoms with Crippen molar-refractivity contribution in [2.75, 3.05) is 0 Å². The minimum Gasteiger partial charge on any atom is -0.456 e. The Morgan fingerprint density at radius 1 is 0.456 bits per heavy atom. The normalized spacial score (nSPS) is 13.3. The van der Waals surface area contributed by atoms with E-state index < -0.39 is 0 Å². The first-order valence-corrected chi connectivity index (χ1v) is 19.4. The monoisotopic (exact) mass is 752 g/mol. The lowest BCUT2D eigenvalue weighted by molar-refractivity contribution is 0.669. The van der Waals surface area contributed by atoms with Gasteiger partial charge in [0.2, 0.25) is 5.95 Å². The van der Waals surface area contributed by atoms with Crippen LogP contribution in [-0.2, 0) is 0 Å². The van der Waals surface area contributed by atoms with E-state index in [1.54, 1.807) is 35.6 Å². The van der Waals surface area contributed by atoms with Gasteiger partial charge in [0.1, 0.15) is 11.2 Å². The highest BCUT2D eigenvalue weighted by molar-refractivity contribution is 7.26. The maximum Gasteiger partial charge on any atom is 0.238 e. The predicted octanol–water partition coefficient (Wildman–Crippen LogP) is 13.9. The van der Waals surface area contributed by atoms with Crippen LogP contribution in [0.2, 0.25) is 0 Å². The quantitative estimate of drug-likeness (QED) is 0.176. The third-order valence-electron chi connectivity index (χ3n) is 10.6. The number of nitrogens with zero attached hydrogens (tertiary/aromatic N) is 4. The van der Waals surface area contributed by atoms with Gasteiger partial charge in [-0.2, -0.15) is 9.97 Å². The molecule has 12 aromatic rings. The van der Waals surface area contributed by atoms with Crippen molar-refractivity contribution < 1.29 is 12.6 Å². The van der Waals surface area contributed by atoms with Gasteiger partial charge in [0.25, 0.3) is 0 Å². The van der Waals surface area contributed by atoms with Gasteiger partial charge in [0.15, 0.2) is 11.6 Å². The molecule has 57 heavy (non-hydrogen) atoms. The molecule has 0 bridgehead atoms. The third kappa shape index (κ3) is 4.98. The van der Waals surface area contributed by atoms with Crippen LogP contribution < -0.4 is 0 Å². The van der Waals surface area contributed by atoms with Crippen LogP contribution in [0.15, 0.2) is 186 Å². The van der Waals surface area contributed by atoms with E-state index in [2.05, 4.69) is 59.2 Å². The van der Waals surface area contributed by atoms with E-state index >= 15 is 0 Å². The van der Waals surface area contributed by atoms with Crippen LogP contribution >= 0.6 is 11.3 Å². The van der Waals surface area contributed by atoms with Crippen molar-refractivity contribution in [3.8, 4) is 51.0 Å². The van der Waals surface area contributed by atoms with Gasteiger partial charge in [0, 0.05) is 58.4 Å². The van der Waals surface area contributed by atoms with Crippen LogP contribution in [-0.4, -0.2) is 19.5 Å². The van der Waals surface area contributed by atoms with Gasteiger partial charge in [-0.15, -0.1) is 11.3 Å². The summed E-state index contributed by atoms with van der Waals surface area (Å²) in [4.78, 5) is 15.4. The largest absolute Gasteiger partial charge is 0.456 e. The van der Waals surface area contributed by atoms with Gasteiger partial charge in [-0.3, -0.25) is 4.57 Å². The molecule has 0 aliphatic rings. The average Bonchev–Trinajstić information content (AvgIpc) is 4.02. The summed E-state index contributed by atoms with van der Waals surface area (Å²) in [5, 5.41) is 4.50. The van der Waals surface area contributed by atoms with Crippen LogP contribution in [0.3, 0.4) is 0 Å². The zero-order chi connectivity index (χ0) is 42.7. The fourth-order valence-corrected chi connectivity index (χ4v) is 9.19. The highest BCUT2D eigenvalue weighted by Gasteiger charge is 2.24. The average molecular weight is 753 g/mol. The molecule has 0 unspecified atom stereocenters. The second-order valence-corrected chi connectivity index (χ2v) is 14.9. The van der Waals surface area contributed by atoms with E-state index in [0.717, 1.165) is 53.1 Å². The van der Waals surface area contributed by atoms with Gasteiger partial charge in [-0.1, -0.05) is 152 Å². The number of rotatable bonds is 5. The lowest BCUT2D eigenvalue weighted by Crippen LogP contribution is -2.07. The van der Waals surface area contributed by atoms with Crippen molar-refractivity contribution in [3.05, 3.63) is 182 Å². The molecule has 0 saturated carbocycles. The number of para-hydroxylation sites is 1. The first-order valence-electron chi connectivity index (χ1n) is 21.5. The zero-order valence-electron chi connectivity index (χ0n) is 36.0. The van der Waals surface area contributed by atoms with Crippen LogP contribution in [0.4, 0.5) is 0 Å². The third-order valence-corrected chi connectivity index (χ3v) is 11.7. The summed E-state index contributed by atoms with van der Waals surface area (Å²) in [6.07, 6.45) is 0. The molecule has 266 valence electrons. The molecule has 0 aliphatic carbocycles. The fourth-order valence-electron chi connectivity index (χ4n) is 8.09. The molecule has 0 spiro atoms. The molecule has 0 saturated heterocycles. The summed E-state index contributed by atoms with van der Waals surface area (Å²) >= 11 is 1.72. The standard InChI is InChI=1S/C51H30N4OS/c1-4-14-31(15-5-1)35-21-13-24-41-45(35)39-27-26-34(30-42(39)56-41)50-52-49(33-18-8-3-9-19-33)53-51(54-50)55-47-36(32-16-6-2-7-17-32)22-12-23-37(47)38-28-29-44-46(48(38)55)40-20-10-11-25-43(40)57-44/h1-30H/i13D,21D,24D,26D,27D,30D. The molecular formula is C51H30N4OS. The molecule has 8 aromatic carbocycles. The number of thiophene rings is 1. The second kappa shape index (κ2) is 12.6. The van der Waals surface area contributed by atoms with Crippen molar-refractivity contribution >= 4 is 75.3 Å². The highest BCUT2D eigenvalue weighted by Crippen LogP contribution is 2.45. The van der Waals surface area contributed by atoms with Crippen molar-refractivity contribution in [1.82, 2.24) is 19.5 Å². The number of hydrogen-bond acceptors (Lipinski definition) is 5. The van der Waals surface area contributed by atoms with Crippen molar-refractivity contribution in [3.63, 3.8) is 0 Å². The Hall–Kier alpha value is -7.41. The molecule has 4 heterocycles. The Labute approximate surface area is 339 Å². The molecule has 6 heteroatoms. The number of furan rings is 1. The molecule has 0 amide bonds. The van der Waals surface area contributed by atoms with Crippen molar-refractivity contribution in [2.45, 2.75) is 0 Å². The molecule has 5 nitrogen and oxygen atoms in total. The van der Waals surface area contributed by atoms with Gasteiger partial charge in [-0.25, -0.2) is 4.98 Å². The van der Waals surface area contributed by atoms with Crippen molar-refractivity contribution in [1.29, 1.82) is 0 Å². The van der Waals surface area contributed by atoms with Crippen LogP contribution in [0, 0.1) is 0 Å². The summed E-state index contributed by atoms with van der Waals surface area (Å²) in [6.45, 7) is 0. The number of aromatic nitrogens is 4. The number of hydrogen-bond donors (Lipinski definition) is 0. The molecule has 0 atom stereocenters. The van der Waals surface area contributed by atoms with E-state index in [-0.39, 0.29) is 75.5 Å². The zero-order valence-corrected chi connectivity index (χ0v) is 30.8. The van der Waals surface area contributed by atoms with Gasteiger partial charge in [-0.05, 0) is 47.0 Å². The highest BCUT2D eigenvalue weighted by atomic mass is 32.1. The van der Waals surface area contributed by atoms with Crippen LogP contribution in [0.5, 0.6) is 0 Å². The summed E-state index contributed by atoms with van der Waals surface area (Å²) in [5.41, 5.74) is 5.17. The van der Waals surface area contributed by atoms with E-state index in [0.29, 0.717) is 22.5 Å². The van der Waals surface area contributed by atoms with Gasteiger partial charge in [0.05, 0.1) is 19.3 Å². The van der Waals surface area contributed by atoms with E-state index in [1.807, 2.05) is 66.7 Å². The summed E-state index contributed by atoms with van der Waals surface area (Å²) in [6, 6.07) is 45.9. The van der Waals surface area contributed by atoms with Crippen molar-refractivity contribution in [2.24, 2.45) is 0 Å². The maximum atomic E-state index is 9.75. The van der Waals surface area contributed by atoms with Gasteiger partial charge < -0.3 is 4.42 Å². The topological polar surface area (TPSA) is 56.7 Å². The summed E-state index contributed by atoms with van der Waals surface area (Å²) in [5.74, 6) is 0.561. The smallest absolute Gasteiger partial charge is 0.238 e. The predicted molar refractivity (Wildman–Crippen MR) is 236 cm³/mol. The van der Waals surface area contributed by atoms with E-state index in [9.17, 15) is 4.11 Å². The first-order chi connectivity index (χ1) is 30.8. The lowest BCUT2D eigenvalue weighted by Gasteiger charge is -2.13. The summed E-state index contributed by atoms with van der Waals surface area (Å²) in [7, 11) is 0. The number of benzene rings is 8. The first kappa shape index (κ1) is 26.4. The molecule has 0 fully saturated rings. The Balaban J connectivity index is 1.22. The molecule has 4 aromatic heterocycles. The second-order valence-electron chi connectivity index (χ2n) is 13.9. The molecule has 0 aliphatic heterocycles. The Morgan fingerprint density at radius 2 is 1.12 bits per heavy atom. The lowest BCUT2D eigenvalue weighted by atomic mass is 9.99.